The first kappa shape index (κ1) is 14.5. The van der Waals surface area contributed by atoms with Crippen LogP contribution in [0.4, 0.5) is 18.3 Å². The van der Waals surface area contributed by atoms with E-state index < -0.39 is 11.7 Å². The van der Waals surface area contributed by atoms with Crippen LogP contribution in [-0.2, 0) is 6.18 Å². The highest BCUT2D eigenvalue weighted by atomic mass is 32.1. The lowest BCUT2D eigenvalue weighted by atomic mass is 10.2. The number of anilines is 1. The molecule has 2 aromatic heterocycles. The smallest absolute Gasteiger partial charge is 0.345 e. The van der Waals surface area contributed by atoms with Crippen molar-refractivity contribution < 1.29 is 13.2 Å². The molecule has 2 atom stereocenters. The van der Waals surface area contributed by atoms with Crippen molar-refractivity contribution in [1.29, 1.82) is 0 Å². The lowest BCUT2D eigenvalue weighted by molar-refractivity contribution is -0.137. The van der Waals surface area contributed by atoms with Crippen molar-refractivity contribution in [3.63, 3.8) is 0 Å². The summed E-state index contributed by atoms with van der Waals surface area (Å²) in [5, 5.41) is 4.15. The molecule has 1 N–H and O–H groups in total. The number of pyridine rings is 1. The zero-order valence-corrected chi connectivity index (χ0v) is 12.4. The van der Waals surface area contributed by atoms with E-state index in [1.54, 1.807) is 0 Å². The third-order valence-corrected chi connectivity index (χ3v) is 4.44. The van der Waals surface area contributed by atoms with Crippen molar-refractivity contribution in [1.82, 2.24) is 15.3 Å². The summed E-state index contributed by atoms with van der Waals surface area (Å²) in [6.45, 7) is 5.73. The Hall–Kier alpha value is -1.41. The van der Waals surface area contributed by atoms with Gasteiger partial charge in [-0.3, -0.25) is 0 Å². The molecule has 0 spiro atoms. The van der Waals surface area contributed by atoms with Gasteiger partial charge in [-0.1, -0.05) is 11.3 Å². The number of hydrogen-bond acceptors (Lipinski definition) is 5. The van der Waals surface area contributed by atoms with Crippen molar-refractivity contribution in [3.05, 3.63) is 17.8 Å². The summed E-state index contributed by atoms with van der Waals surface area (Å²) in [6.07, 6.45) is -3.53. The fraction of sp³-hybridized carbons (Fsp3) is 0.538. The lowest BCUT2D eigenvalue weighted by Gasteiger charge is -2.35. The Morgan fingerprint density at radius 3 is 2.57 bits per heavy atom. The van der Waals surface area contributed by atoms with Crippen LogP contribution in [0.3, 0.4) is 0 Å². The number of thiazole rings is 1. The van der Waals surface area contributed by atoms with Crippen molar-refractivity contribution in [2.24, 2.45) is 0 Å². The Morgan fingerprint density at radius 2 is 1.95 bits per heavy atom. The van der Waals surface area contributed by atoms with Crippen LogP contribution in [-0.4, -0.2) is 35.1 Å². The van der Waals surface area contributed by atoms with E-state index in [4.69, 9.17) is 0 Å². The maximum atomic E-state index is 12.7. The zero-order chi connectivity index (χ0) is 15.2. The predicted octanol–water partition coefficient (Wildman–Crippen LogP) is 2.90. The van der Waals surface area contributed by atoms with Gasteiger partial charge in [0.25, 0.3) is 0 Å². The van der Waals surface area contributed by atoms with E-state index >= 15 is 0 Å². The molecule has 2 aromatic rings. The van der Waals surface area contributed by atoms with Crippen LogP contribution >= 0.6 is 11.3 Å². The molecular weight excluding hydrogens is 301 g/mol. The van der Waals surface area contributed by atoms with Gasteiger partial charge in [-0.2, -0.15) is 18.2 Å². The Balaban J connectivity index is 1.94. The molecule has 0 amide bonds. The van der Waals surface area contributed by atoms with Crippen molar-refractivity contribution >= 4 is 26.8 Å². The van der Waals surface area contributed by atoms with E-state index in [1.807, 2.05) is 0 Å². The van der Waals surface area contributed by atoms with E-state index in [0.29, 0.717) is 22.4 Å². The van der Waals surface area contributed by atoms with Crippen LogP contribution in [0, 0.1) is 0 Å². The summed E-state index contributed by atoms with van der Waals surface area (Å²) >= 11 is 1.26. The summed E-state index contributed by atoms with van der Waals surface area (Å²) in [4.78, 5) is 10.3. The monoisotopic (exact) mass is 316 g/mol. The van der Waals surface area contributed by atoms with Crippen molar-refractivity contribution in [2.45, 2.75) is 32.1 Å². The van der Waals surface area contributed by atoms with Gasteiger partial charge in [-0.25, -0.2) is 4.98 Å². The third-order valence-electron chi connectivity index (χ3n) is 3.39. The maximum absolute atomic E-state index is 12.7. The van der Waals surface area contributed by atoms with Crippen LogP contribution in [0.25, 0.3) is 10.3 Å². The molecule has 8 heteroatoms. The van der Waals surface area contributed by atoms with Gasteiger partial charge in [0, 0.05) is 31.4 Å². The molecule has 3 rings (SSSR count). The maximum Gasteiger partial charge on any atom is 0.417 e. The van der Waals surface area contributed by atoms with Gasteiger partial charge in [-0.05, 0) is 19.9 Å². The van der Waals surface area contributed by atoms with E-state index in [0.717, 1.165) is 30.5 Å². The first-order valence-electron chi connectivity index (χ1n) is 6.67. The Kier molecular flexibility index (Phi) is 3.53. The molecule has 0 aliphatic carbocycles. The summed E-state index contributed by atoms with van der Waals surface area (Å²) in [5.41, 5.74) is -0.353. The molecule has 3 heterocycles. The first-order chi connectivity index (χ1) is 9.83. The summed E-state index contributed by atoms with van der Waals surface area (Å²) in [7, 11) is 0. The molecule has 0 radical (unpaired) electrons. The number of hydrogen-bond donors (Lipinski definition) is 1. The third kappa shape index (κ3) is 2.96. The highest BCUT2D eigenvalue weighted by Crippen LogP contribution is 2.34. The average Bonchev–Trinajstić information content (AvgIpc) is 2.79. The largest absolute Gasteiger partial charge is 0.417 e. The number of aromatic nitrogens is 2. The van der Waals surface area contributed by atoms with Gasteiger partial charge in [0.05, 0.1) is 10.3 Å². The van der Waals surface area contributed by atoms with Gasteiger partial charge < -0.3 is 10.2 Å². The van der Waals surface area contributed by atoms with Crippen molar-refractivity contribution in [2.75, 3.05) is 18.0 Å². The van der Waals surface area contributed by atoms with Crippen LogP contribution in [0.5, 0.6) is 0 Å². The van der Waals surface area contributed by atoms with Crippen LogP contribution in [0.2, 0.25) is 0 Å². The summed E-state index contributed by atoms with van der Waals surface area (Å²) in [5.74, 6) is 0. The predicted molar refractivity (Wildman–Crippen MR) is 76.7 cm³/mol. The Morgan fingerprint density at radius 1 is 1.29 bits per heavy atom. The van der Waals surface area contributed by atoms with Crippen LogP contribution in [0.15, 0.2) is 12.3 Å². The van der Waals surface area contributed by atoms with Crippen molar-refractivity contribution in [3.8, 4) is 0 Å². The first-order valence-corrected chi connectivity index (χ1v) is 7.49. The highest BCUT2D eigenvalue weighted by Gasteiger charge is 2.32. The normalized spacial score (nSPS) is 23.8. The second-order valence-electron chi connectivity index (χ2n) is 5.41. The van der Waals surface area contributed by atoms with Crippen LogP contribution in [0.1, 0.15) is 19.4 Å². The number of piperazine rings is 1. The molecule has 1 aliphatic heterocycles. The van der Waals surface area contributed by atoms with Gasteiger partial charge in [0.2, 0.25) is 0 Å². The van der Waals surface area contributed by atoms with Gasteiger partial charge in [0.15, 0.2) is 10.8 Å². The second kappa shape index (κ2) is 5.10. The zero-order valence-electron chi connectivity index (χ0n) is 11.6. The molecule has 0 saturated carbocycles. The van der Waals surface area contributed by atoms with E-state index in [9.17, 15) is 13.2 Å². The lowest BCUT2D eigenvalue weighted by Crippen LogP contribution is -2.54. The molecule has 0 aromatic carbocycles. The summed E-state index contributed by atoms with van der Waals surface area (Å²) < 4.78 is 38.6. The number of nitrogens with one attached hydrogen (secondary N) is 1. The standard InChI is InChI=1S/C13H15F3N4S/c1-7-5-20(6-8(2)18-7)12-19-11-10(21-12)3-9(4-17-11)13(14,15)16/h3-4,7-8,18H,5-6H2,1-2H3/t7-,8+. The summed E-state index contributed by atoms with van der Waals surface area (Å²) in [6, 6.07) is 1.76. The molecule has 0 bridgehead atoms. The topological polar surface area (TPSA) is 41.1 Å². The quantitative estimate of drug-likeness (QED) is 0.878. The minimum absolute atomic E-state index is 0.319. The Labute approximate surface area is 124 Å². The number of halogens is 3. The fourth-order valence-corrected chi connectivity index (χ4v) is 3.56. The minimum atomic E-state index is -4.37. The van der Waals surface area contributed by atoms with E-state index in [-0.39, 0.29) is 0 Å². The number of nitrogens with zero attached hydrogens (tertiary/aromatic N) is 3. The molecule has 114 valence electrons. The SMILES string of the molecule is C[C@@H]1CN(c2nc3ncc(C(F)(F)F)cc3s2)C[C@H](C)N1. The molecule has 1 fully saturated rings. The van der Waals surface area contributed by atoms with Gasteiger partial charge >= 0.3 is 6.18 Å². The molecule has 0 unspecified atom stereocenters. The fourth-order valence-electron chi connectivity index (χ4n) is 2.58. The van der Waals surface area contributed by atoms with E-state index in [1.165, 1.54) is 11.3 Å². The molecular formula is C13H15F3N4S. The molecule has 1 saturated heterocycles. The number of fused-ring (bicyclic) bond motifs is 1. The van der Waals surface area contributed by atoms with Crippen LogP contribution < -0.4 is 10.2 Å². The number of rotatable bonds is 1. The van der Waals surface area contributed by atoms with Gasteiger partial charge in [-0.15, -0.1) is 0 Å². The van der Waals surface area contributed by atoms with Gasteiger partial charge in [0.1, 0.15) is 0 Å². The molecule has 4 nitrogen and oxygen atoms in total. The minimum Gasteiger partial charge on any atom is -0.345 e. The molecule has 21 heavy (non-hydrogen) atoms. The molecule has 1 aliphatic rings. The number of alkyl halides is 3. The van der Waals surface area contributed by atoms with E-state index in [2.05, 4.69) is 34.0 Å². The average molecular weight is 316 g/mol. The second-order valence-corrected chi connectivity index (χ2v) is 6.42. The Bertz CT molecular complexity index is 644. The highest BCUT2D eigenvalue weighted by molar-refractivity contribution is 7.22.